The molecule has 1 N–H and O–H groups in total. The van der Waals surface area contributed by atoms with E-state index in [1.54, 1.807) is 24.1 Å². The molecule has 0 unspecified atom stereocenters. The average molecular weight is 394 g/mol. The van der Waals surface area contributed by atoms with Crippen LogP contribution in [0.25, 0.3) is 0 Å². The highest BCUT2D eigenvalue weighted by atomic mass is 32.1. The number of aryl methyl sites for hydroxylation is 2. The molecule has 0 radical (unpaired) electrons. The van der Waals surface area contributed by atoms with Gasteiger partial charge in [-0.15, -0.1) is 11.3 Å². The van der Waals surface area contributed by atoms with Crippen LogP contribution in [-0.4, -0.2) is 28.7 Å². The van der Waals surface area contributed by atoms with Gasteiger partial charge in [0.05, 0.1) is 12.1 Å². The lowest BCUT2D eigenvalue weighted by Gasteiger charge is -2.18. The summed E-state index contributed by atoms with van der Waals surface area (Å²) in [7, 11) is 1.80. The van der Waals surface area contributed by atoms with Gasteiger partial charge in [0.15, 0.2) is 5.13 Å². The molecule has 144 valence electrons. The number of benzene rings is 2. The van der Waals surface area contributed by atoms with Crippen LogP contribution in [0, 0.1) is 13.8 Å². The van der Waals surface area contributed by atoms with E-state index >= 15 is 0 Å². The van der Waals surface area contributed by atoms with Gasteiger partial charge in [-0.05, 0) is 37.1 Å². The quantitative estimate of drug-likeness (QED) is 0.682. The zero-order valence-corrected chi connectivity index (χ0v) is 17.0. The smallest absolute Gasteiger partial charge is 0.257 e. The molecule has 0 bridgehead atoms. The number of aromatic nitrogens is 1. The normalized spacial score (nSPS) is 10.5. The molecule has 1 aromatic heterocycles. The lowest BCUT2D eigenvalue weighted by atomic mass is 10.1. The van der Waals surface area contributed by atoms with Crippen molar-refractivity contribution in [1.29, 1.82) is 0 Å². The minimum absolute atomic E-state index is 0.00814. The van der Waals surface area contributed by atoms with Crippen molar-refractivity contribution in [3.05, 3.63) is 81.9 Å². The molecular weight excluding hydrogens is 370 g/mol. The highest BCUT2D eigenvalue weighted by Crippen LogP contribution is 2.18. The van der Waals surface area contributed by atoms with E-state index < -0.39 is 0 Å². The van der Waals surface area contributed by atoms with Crippen LogP contribution in [0.5, 0.6) is 0 Å². The lowest BCUT2D eigenvalue weighted by molar-refractivity contribution is -0.129. The number of rotatable bonds is 6. The lowest BCUT2D eigenvalue weighted by Crippen LogP contribution is -2.28. The van der Waals surface area contributed by atoms with Crippen molar-refractivity contribution in [1.82, 2.24) is 9.88 Å². The Labute approximate surface area is 169 Å². The highest BCUT2D eigenvalue weighted by molar-refractivity contribution is 7.14. The van der Waals surface area contributed by atoms with Crippen molar-refractivity contribution in [2.45, 2.75) is 26.8 Å². The van der Waals surface area contributed by atoms with Crippen molar-refractivity contribution in [2.24, 2.45) is 0 Å². The van der Waals surface area contributed by atoms with Crippen LogP contribution in [0.1, 0.15) is 32.7 Å². The van der Waals surface area contributed by atoms with Crippen molar-refractivity contribution >= 4 is 28.3 Å². The molecule has 0 saturated carbocycles. The van der Waals surface area contributed by atoms with E-state index in [-0.39, 0.29) is 18.2 Å². The fraction of sp³-hybridized carbons (Fsp3) is 0.227. The summed E-state index contributed by atoms with van der Waals surface area (Å²) in [6.45, 7) is 4.68. The molecule has 0 atom stereocenters. The first kappa shape index (κ1) is 19.8. The van der Waals surface area contributed by atoms with E-state index in [1.165, 1.54) is 22.5 Å². The minimum Gasteiger partial charge on any atom is -0.341 e. The molecule has 3 aromatic rings. The Kier molecular flexibility index (Phi) is 6.21. The first-order valence-corrected chi connectivity index (χ1v) is 9.91. The maximum absolute atomic E-state index is 12.6. The Bertz CT molecular complexity index is 982. The van der Waals surface area contributed by atoms with Crippen molar-refractivity contribution in [2.75, 3.05) is 12.4 Å². The fourth-order valence-corrected chi connectivity index (χ4v) is 3.57. The average Bonchev–Trinajstić information content (AvgIpc) is 3.11. The predicted molar refractivity (Wildman–Crippen MR) is 113 cm³/mol. The molecule has 0 saturated heterocycles. The van der Waals surface area contributed by atoms with Crippen LogP contribution in [0.3, 0.4) is 0 Å². The molecule has 0 aliphatic rings. The van der Waals surface area contributed by atoms with Gasteiger partial charge in [-0.3, -0.25) is 14.9 Å². The number of amides is 2. The van der Waals surface area contributed by atoms with Crippen LogP contribution in [0.4, 0.5) is 5.13 Å². The third kappa shape index (κ3) is 5.04. The van der Waals surface area contributed by atoms with Gasteiger partial charge in [-0.2, -0.15) is 0 Å². The number of likely N-dealkylation sites (N-methyl/N-ethyl adjacent to an activating group) is 1. The van der Waals surface area contributed by atoms with Gasteiger partial charge in [0, 0.05) is 24.5 Å². The van der Waals surface area contributed by atoms with Crippen molar-refractivity contribution < 1.29 is 9.59 Å². The number of carbonyl (C=O) groups is 2. The van der Waals surface area contributed by atoms with Crippen molar-refractivity contribution in [3.63, 3.8) is 0 Å². The van der Waals surface area contributed by atoms with E-state index in [0.29, 0.717) is 22.9 Å². The molecule has 0 aliphatic heterocycles. The predicted octanol–water partition coefficient (Wildman–Crippen LogP) is 4.21. The molecule has 28 heavy (non-hydrogen) atoms. The van der Waals surface area contributed by atoms with Crippen LogP contribution in [0.2, 0.25) is 0 Å². The van der Waals surface area contributed by atoms with Gasteiger partial charge in [-0.1, -0.05) is 42.0 Å². The summed E-state index contributed by atoms with van der Waals surface area (Å²) in [4.78, 5) is 30.8. The monoisotopic (exact) mass is 393 g/mol. The zero-order chi connectivity index (χ0) is 20.1. The van der Waals surface area contributed by atoms with E-state index in [2.05, 4.69) is 42.3 Å². The van der Waals surface area contributed by atoms with Crippen LogP contribution in [-0.2, 0) is 17.8 Å². The molecular formula is C22H23N3O2S. The van der Waals surface area contributed by atoms with E-state index in [1.807, 2.05) is 23.6 Å². The maximum atomic E-state index is 12.6. The van der Waals surface area contributed by atoms with Gasteiger partial charge >= 0.3 is 0 Å². The van der Waals surface area contributed by atoms with Crippen LogP contribution >= 0.6 is 11.3 Å². The summed E-state index contributed by atoms with van der Waals surface area (Å²) in [6, 6.07) is 15.2. The van der Waals surface area contributed by atoms with Crippen LogP contribution in [0.15, 0.2) is 53.9 Å². The topological polar surface area (TPSA) is 62.3 Å². The molecule has 3 rings (SSSR count). The minimum atomic E-state index is -0.209. The summed E-state index contributed by atoms with van der Waals surface area (Å²) in [6.07, 6.45) is 0.207. The number of anilines is 1. The third-order valence-electron chi connectivity index (χ3n) is 4.47. The molecule has 5 nitrogen and oxygen atoms in total. The highest BCUT2D eigenvalue weighted by Gasteiger charge is 2.15. The maximum Gasteiger partial charge on any atom is 0.257 e. The fourth-order valence-electron chi connectivity index (χ4n) is 2.86. The Morgan fingerprint density at radius 3 is 2.57 bits per heavy atom. The zero-order valence-electron chi connectivity index (χ0n) is 16.2. The largest absolute Gasteiger partial charge is 0.341 e. The van der Waals surface area contributed by atoms with Gasteiger partial charge in [-0.25, -0.2) is 4.98 Å². The Hall–Kier alpha value is -2.99. The number of nitrogens with zero attached hydrogens (tertiary/aromatic N) is 2. The Morgan fingerprint density at radius 2 is 1.86 bits per heavy atom. The number of thiazole rings is 1. The van der Waals surface area contributed by atoms with Crippen LogP contribution < -0.4 is 5.32 Å². The van der Waals surface area contributed by atoms with Gasteiger partial charge in [0.1, 0.15) is 0 Å². The molecule has 0 fully saturated rings. The number of hydrogen-bond acceptors (Lipinski definition) is 4. The number of hydrogen-bond donors (Lipinski definition) is 1. The summed E-state index contributed by atoms with van der Waals surface area (Å²) in [5.74, 6) is -0.217. The molecule has 1 heterocycles. The molecule has 0 aliphatic carbocycles. The first-order chi connectivity index (χ1) is 13.4. The van der Waals surface area contributed by atoms with Gasteiger partial charge < -0.3 is 4.90 Å². The summed E-state index contributed by atoms with van der Waals surface area (Å²) < 4.78 is 0. The summed E-state index contributed by atoms with van der Waals surface area (Å²) in [5, 5.41) is 5.08. The summed E-state index contributed by atoms with van der Waals surface area (Å²) >= 11 is 1.32. The second-order valence-electron chi connectivity index (χ2n) is 6.82. The van der Waals surface area contributed by atoms with Gasteiger partial charge in [0.2, 0.25) is 5.91 Å². The van der Waals surface area contributed by atoms with Gasteiger partial charge in [0.25, 0.3) is 5.91 Å². The second-order valence-corrected chi connectivity index (χ2v) is 7.68. The van der Waals surface area contributed by atoms with E-state index in [4.69, 9.17) is 0 Å². The number of carbonyl (C=O) groups excluding carboxylic acids is 2. The SMILES string of the molecule is Cc1ccc(CN(C)C(=O)Cc2csc(NC(=O)c3ccccc3)n2)c(C)c1. The Balaban J connectivity index is 1.58. The third-order valence-corrected chi connectivity index (χ3v) is 5.28. The van der Waals surface area contributed by atoms with E-state index in [0.717, 1.165) is 5.56 Å². The second kappa shape index (κ2) is 8.80. The van der Waals surface area contributed by atoms with E-state index in [9.17, 15) is 9.59 Å². The number of nitrogens with one attached hydrogen (secondary N) is 1. The molecule has 6 heteroatoms. The summed E-state index contributed by atoms with van der Waals surface area (Å²) in [5.41, 5.74) is 4.76. The molecule has 2 amide bonds. The standard InChI is InChI=1S/C22H23N3O2S/c1-15-9-10-18(16(2)11-15)13-25(3)20(26)12-19-14-28-22(23-19)24-21(27)17-7-5-4-6-8-17/h4-11,14H,12-13H2,1-3H3,(H,23,24,27). The first-order valence-electron chi connectivity index (χ1n) is 9.03. The van der Waals surface area contributed by atoms with Crippen molar-refractivity contribution in [3.8, 4) is 0 Å². The molecule has 0 spiro atoms. The Morgan fingerprint density at radius 1 is 1.11 bits per heavy atom. The molecule has 2 aromatic carbocycles.